The zero-order valence-corrected chi connectivity index (χ0v) is 15.4. The van der Waals surface area contributed by atoms with Crippen LogP contribution in [-0.2, 0) is 20.7 Å². The molecular weight excluding hydrogens is 367 g/mol. The van der Waals surface area contributed by atoms with Gasteiger partial charge in [-0.1, -0.05) is 18.2 Å². The Labute approximate surface area is 161 Å². The maximum Gasteiger partial charge on any atom is 0.325 e. The second-order valence-corrected chi connectivity index (χ2v) is 5.80. The molecule has 2 aromatic rings. The molecule has 0 radical (unpaired) electrons. The number of rotatable bonds is 9. The summed E-state index contributed by atoms with van der Waals surface area (Å²) < 4.78 is 22.6. The van der Waals surface area contributed by atoms with Gasteiger partial charge >= 0.3 is 5.97 Å². The Morgan fingerprint density at radius 1 is 1.04 bits per heavy atom. The minimum Gasteiger partial charge on any atom is -0.497 e. The van der Waals surface area contributed by atoms with Crippen LogP contribution in [-0.4, -0.2) is 44.6 Å². The Morgan fingerprint density at radius 2 is 1.79 bits per heavy atom. The zero-order valence-electron chi connectivity index (χ0n) is 15.4. The zero-order chi connectivity index (χ0) is 20.4. The molecule has 0 aliphatic heterocycles. The van der Waals surface area contributed by atoms with Crippen molar-refractivity contribution in [2.45, 2.75) is 6.42 Å². The van der Waals surface area contributed by atoms with Gasteiger partial charge < -0.3 is 20.1 Å². The van der Waals surface area contributed by atoms with E-state index in [1.54, 1.807) is 30.3 Å². The van der Waals surface area contributed by atoms with E-state index in [1.807, 2.05) is 0 Å². The van der Waals surface area contributed by atoms with E-state index in [0.29, 0.717) is 24.3 Å². The number of hydrogen-bond donors (Lipinski definition) is 2. The second-order valence-electron chi connectivity index (χ2n) is 5.80. The van der Waals surface area contributed by atoms with Crippen LogP contribution in [0.4, 0.5) is 4.39 Å². The van der Waals surface area contributed by atoms with Crippen LogP contribution in [0.15, 0.2) is 48.5 Å². The molecule has 28 heavy (non-hydrogen) atoms. The third-order valence-corrected chi connectivity index (χ3v) is 3.74. The molecule has 2 amide bonds. The van der Waals surface area contributed by atoms with E-state index in [4.69, 9.17) is 9.47 Å². The van der Waals surface area contributed by atoms with Crippen molar-refractivity contribution < 1.29 is 28.2 Å². The Bertz CT molecular complexity index is 824. The van der Waals surface area contributed by atoms with Crippen molar-refractivity contribution in [2.75, 3.05) is 26.8 Å². The molecule has 0 unspecified atom stereocenters. The number of ether oxygens (including phenoxy) is 2. The third kappa shape index (κ3) is 7.06. The number of benzene rings is 2. The van der Waals surface area contributed by atoms with Crippen molar-refractivity contribution in [3.63, 3.8) is 0 Å². The summed E-state index contributed by atoms with van der Waals surface area (Å²) >= 11 is 0. The van der Waals surface area contributed by atoms with Crippen molar-refractivity contribution >= 4 is 17.8 Å². The summed E-state index contributed by atoms with van der Waals surface area (Å²) in [5, 5.41) is 5.00. The van der Waals surface area contributed by atoms with Crippen molar-refractivity contribution in [3.05, 3.63) is 65.5 Å². The Balaban J connectivity index is 1.63. The first kappa shape index (κ1) is 20.9. The summed E-state index contributed by atoms with van der Waals surface area (Å²) in [6.07, 6.45) is 0.524. The first-order valence-corrected chi connectivity index (χ1v) is 8.57. The highest BCUT2D eigenvalue weighted by atomic mass is 19.1. The highest BCUT2D eigenvalue weighted by Crippen LogP contribution is 2.12. The fourth-order valence-electron chi connectivity index (χ4n) is 2.26. The minimum atomic E-state index is -0.732. The highest BCUT2D eigenvalue weighted by Gasteiger charge is 2.11. The molecule has 2 rings (SSSR count). The number of methoxy groups -OCH3 is 1. The Morgan fingerprint density at radius 3 is 2.50 bits per heavy atom. The lowest BCUT2D eigenvalue weighted by molar-refractivity contribution is -0.147. The molecule has 0 saturated heterocycles. The normalized spacial score (nSPS) is 10.1. The number of halogens is 1. The molecule has 0 fully saturated rings. The topological polar surface area (TPSA) is 93.7 Å². The molecular formula is C20H21FN2O5. The lowest BCUT2D eigenvalue weighted by Gasteiger charge is -2.08. The summed E-state index contributed by atoms with van der Waals surface area (Å²) in [4.78, 5) is 35.3. The van der Waals surface area contributed by atoms with Crippen molar-refractivity contribution in [2.24, 2.45) is 0 Å². The molecule has 8 heteroatoms. The summed E-state index contributed by atoms with van der Waals surface area (Å²) in [7, 11) is 1.49. The van der Waals surface area contributed by atoms with Crippen molar-refractivity contribution in [1.29, 1.82) is 0 Å². The van der Waals surface area contributed by atoms with Crippen LogP contribution < -0.4 is 15.4 Å². The standard InChI is InChI=1S/C20H21FN2O5/c1-27-17-4-2-3-15(11-17)20(26)23-12-19(25)28-13-18(24)22-10-9-14-5-7-16(21)8-6-14/h2-8,11H,9-10,12-13H2,1H3,(H,22,24)(H,23,26). The molecule has 2 aromatic carbocycles. The molecule has 0 aromatic heterocycles. The van der Waals surface area contributed by atoms with E-state index in [1.165, 1.54) is 25.3 Å². The summed E-state index contributed by atoms with van der Waals surface area (Å²) in [5.74, 6) is -1.45. The molecule has 0 aliphatic rings. The van der Waals surface area contributed by atoms with Crippen LogP contribution in [0.5, 0.6) is 5.75 Å². The molecule has 0 spiro atoms. The van der Waals surface area contributed by atoms with E-state index in [0.717, 1.165) is 5.56 Å². The third-order valence-electron chi connectivity index (χ3n) is 3.74. The van der Waals surface area contributed by atoms with Crippen molar-refractivity contribution in [3.8, 4) is 5.75 Å². The van der Waals surface area contributed by atoms with Gasteiger partial charge in [-0.3, -0.25) is 14.4 Å². The fourth-order valence-corrected chi connectivity index (χ4v) is 2.26. The average Bonchev–Trinajstić information content (AvgIpc) is 2.72. The number of esters is 1. The van der Waals surface area contributed by atoms with Gasteiger partial charge in [0.1, 0.15) is 18.1 Å². The molecule has 2 N–H and O–H groups in total. The molecule has 0 heterocycles. The van der Waals surface area contributed by atoms with Gasteiger partial charge in [0, 0.05) is 12.1 Å². The molecule has 0 bridgehead atoms. The van der Waals surface area contributed by atoms with E-state index in [2.05, 4.69) is 10.6 Å². The second kappa shape index (κ2) is 10.7. The molecule has 0 atom stereocenters. The van der Waals surface area contributed by atoms with Gasteiger partial charge in [-0.25, -0.2) is 4.39 Å². The van der Waals surface area contributed by atoms with Crippen LogP contribution in [0.2, 0.25) is 0 Å². The maximum atomic E-state index is 12.8. The van der Waals surface area contributed by atoms with Crippen LogP contribution >= 0.6 is 0 Å². The van der Waals surface area contributed by atoms with Gasteiger partial charge in [-0.2, -0.15) is 0 Å². The van der Waals surface area contributed by atoms with Gasteiger partial charge in [0.25, 0.3) is 11.8 Å². The monoisotopic (exact) mass is 388 g/mol. The molecule has 0 saturated carbocycles. The summed E-state index contributed by atoms with van der Waals surface area (Å²) in [6.45, 7) is -0.481. The molecule has 7 nitrogen and oxygen atoms in total. The number of amides is 2. The van der Waals surface area contributed by atoms with Crippen LogP contribution in [0.1, 0.15) is 15.9 Å². The van der Waals surface area contributed by atoms with Gasteiger partial charge in [-0.15, -0.1) is 0 Å². The summed E-state index contributed by atoms with van der Waals surface area (Å²) in [5.41, 5.74) is 1.21. The number of carbonyl (C=O) groups excluding carboxylic acids is 3. The summed E-state index contributed by atoms with van der Waals surface area (Å²) in [6, 6.07) is 12.4. The van der Waals surface area contributed by atoms with Gasteiger partial charge in [0.05, 0.1) is 7.11 Å². The lowest BCUT2D eigenvalue weighted by atomic mass is 10.1. The minimum absolute atomic E-state index is 0.321. The lowest BCUT2D eigenvalue weighted by Crippen LogP contribution is -2.34. The number of nitrogens with one attached hydrogen (secondary N) is 2. The van der Waals surface area contributed by atoms with Crippen molar-refractivity contribution in [1.82, 2.24) is 10.6 Å². The molecule has 0 aliphatic carbocycles. The Hall–Kier alpha value is -3.42. The van der Waals surface area contributed by atoms with Crippen LogP contribution in [0.3, 0.4) is 0 Å². The average molecular weight is 388 g/mol. The SMILES string of the molecule is COc1cccc(C(=O)NCC(=O)OCC(=O)NCCc2ccc(F)cc2)c1. The first-order chi connectivity index (χ1) is 13.5. The molecule has 148 valence electrons. The van der Waals surface area contributed by atoms with Gasteiger partial charge in [0.2, 0.25) is 0 Å². The fraction of sp³-hybridized carbons (Fsp3) is 0.250. The van der Waals surface area contributed by atoms with E-state index in [-0.39, 0.29) is 12.4 Å². The van der Waals surface area contributed by atoms with E-state index in [9.17, 15) is 18.8 Å². The van der Waals surface area contributed by atoms with Crippen LogP contribution in [0, 0.1) is 5.82 Å². The van der Waals surface area contributed by atoms with Crippen LogP contribution in [0.25, 0.3) is 0 Å². The predicted molar refractivity (Wildman–Crippen MR) is 99.4 cm³/mol. The van der Waals surface area contributed by atoms with Gasteiger partial charge in [-0.05, 0) is 42.3 Å². The Kier molecular flexibility index (Phi) is 7.95. The largest absolute Gasteiger partial charge is 0.497 e. The predicted octanol–water partition coefficient (Wildman–Crippen LogP) is 1.47. The smallest absolute Gasteiger partial charge is 0.325 e. The highest BCUT2D eigenvalue weighted by molar-refractivity contribution is 5.96. The number of carbonyl (C=O) groups is 3. The first-order valence-electron chi connectivity index (χ1n) is 8.57. The number of hydrogen-bond acceptors (Lipinski definition) is 5. The van der Waals surface area contributed by atoms with E-state index < -0.39 is 24.4 Å². The van der Waals surface area contributed by atoms with Gasteiger partial charge in [0.15, 0.2) is 6.61 Å². The van der Waals surface area contributed by atoms with E-state index >= 15 is 0 Å². The maximum absolute atomic E-state index is 12.8. The quantitative estimate of drug-likeness (QED) is 0.635.